The van der Waals surface area contributed by atoms with Crippen LogP contribution in [-0.2, 0) is 6.42 Å². The smallest absolute Gasteiger partial charge is 0.123 e. The average Bonchev–Trinajstić information content (AvgIpc) is 2.36. The first-order valence-electron chi connectivity index (χ1n) is 5.93. The van der Waals surface area contributed by atoms with Crippen LogP contribution in [0, 0.1) is 12.7 Å². The molecule has 0 spiro atoms. The van der Waals surface area contributed by atoms with Crippen molar-refractivity contribution in [2.75, 3.05) is 0 Å². The molecule has 2 aromatic carbocycles. The second-order valence-electron chi connectivity index (χ2n) is 4.55. The largest absolute Gasteiger partial charge is 0.324 e. The number of halogens is 3. The Labute approximate surface area is 125 Å². The zero-order chi connectivity index (χ0) is 14.0. The molecule has 0 saturated carbocycles. The molecule has 19 heavy (non-hydrogen) atoms. The molecular weight excluding hydrogens is 329 g/mol. The van der Waals surface area contributed by atoms with Gasteiger partial charge in [0.2, 0.25) is 0 Å². The normalized spacial score (nSPS) is 12.5. The Morgan fingerprint density at radius 3 is 2.74 bits per heavy atom. The van der Waals surface area contributed by atoms with E-state index in [9.17, 15) is 4.39 Å². The molecular formula is C15H14BrClFN. The summed E-state index contributed by atoms with van der Waals surface area (Å²) in [6.07, 6.45) is 0.555. The van der Waals surface area contributed by atoms with E-state index in [4.69, 9.17) is 17.3 Å². The Bertz CT molecular complexity index is 601. The van der Waals surface area contributed by atoms with Crippen molar-refractivity contribution in [1.29, 1.82) is 0 Å². The van der Waals surface area contributed by atoms with Gasteiger partial charge in [-0.05, 0) is 60.4 Å². The highest BCUT2D eigenvalue weighted by atomic mass is 79.9. The third-order valence-corrected chi connectivity index (χ3v) is 4.10. The molecule has 1 unspecified atom stereocenters. The van der Waals surface area contributed by atoms with E-state index >= 15 is 0 Å². The van der Waals surface area contributed by atoms with Gasteiger partial charge in [0, 0.05) is 15.5 Å². The fraction of sp³-hybridized carbons (Fsp3) is 0.200. The third kappa shape index (κ3) is 3.56. The minimum atomic E-state index is -0.256. The van der Waals surface area contributed by atoms with Gasteiger partial charge in [-0.3, -0.25) is 0 Å². The van der Waals surface area contributed by atoms with Gasteiger partial charge in [-0.15, -0.1) is 0 Å². The van der Waals surface area contributed by atoms with Crippen molar-refractivity contribution in [2.24, 2.45) is 5.73 Å². The van der Waals surface area contributed by atoms with Crippen molar-refractivity contribution in [3.8, 4) is 0 Å². The van der Waals surface area contributed by atoms with Crippen molar-refractivity contribution >= 4 is 27.5 Å². The van der Waals surface area contributed by atoms with Crippen LogP contribution in [0.2, 0.25) is 5.02 Å². The monoisotopic (exact) mass is 341 g/mol. The minimum Gasteiger partial charge on any atom is -0.324 e. The summed E-state index contributed by atoms with van der Waals surface area (Å²) in [5, 5.41) is 0.661. The van der Waals surface area contributed by atoms with Crippen LogP contribution in [0.5, 0.6) is 0 Å². The van der Waals surface area contributed by atoms with Gasteiger partial charge in [0.05, 0.1) is 0 Å². The SMILES string of the molecule is Cc1ccc(Cl)cc1C(N)Cc1cc(F)ccc1Br. The second kappa shape index (κ2) is 6.04. The first kappa shape index (κ1) is 14.5. The number of nitrogens with two attached hydrogens (primary N) is 1. The average molecular weight is 343 g/mol. The summed E-state index contributed by atoms with van der Waals surface area (Å²) in [6, 6.07) is 10.1. The lowest BCUT2D eigenvalue weighted by atomic mass is 9.96. The molecule has 0 saturated heterocycles. The summed E-state index contributed by atoms with van der Waals surface area (Å²) in [4.78, 5) is 0. The molecule has 2 rings (SSSR count). The predicted molar refractivity (Wildman–Crippen MR) is 80.9 cm³/mol. The van der Waals surface area contributed by atoms with Crippen LogP contribution in [0.15, 0.2) is 40.9 Å². The van der Waals surface area contributed by atoms with Crippen molar-refractivity contribution in [1.82, 2.24) is 0 Å². The number of aryl methyl sites for hydroxylation is 1. The molecule has 0 aliphatic carbocycles. The Balaban J connectivity index is 2.27. The quantitative estimate of drug-likeness (QED) is 0.852. The summed E-state index contributed by atoms with van der Waals surface area (Å²) in [6.45, 7) is 1.99. The zero-order valence-electron chi connectivity index (χ0n) is 10.5. The Kier molecular flexibility index (Phi) is 4.61. The summed E-state index contributed by atoms with van der Waals surface area (Å²) < 4.78 is 14.1. The molecule has 0 radical (unpaired) electrons. The van der Waals surface area contributed by atoms with E-state index in [0.717, 1.165) is 21.2 Å². The third-order valence-electron chi connectivity index (χ3n) is 3.09. The predicted octanol–water partition coefficient (Wildman–Crippen LogP) is 4.79. The number of hydrogen-bond acceptors (Lipinski definition) is 1. The molecule has 0 bridgehead atoms. The van der Waals surface area contributed by atoms with Gasteiger partial charge in [-0.25, -0.2) is 4.39 Å². The fourth-order valence-electron chi connectivity index (χ4n) is 2.06. The van der Waals surface area contributed by atoms with Crippen LogP contribution in [-0.4, -0.2) is 0 Å². The molecule has 0 aliphatic heterocycles. The molecule has 0 aromatic heterocycles. The first-order valence-corrected chi connectivity index (χ1v) is 7.10. The molecule has 0 heterocycles. The second-order valence-corrected chi connectivity index (χ2v) is 5.84. The summed E-state index contributed by atoms with van der Waals surface area (Å²) in [5.74, 6) is -0.256. The van der Waals surface area contributed by atoms with Crippen LogP contribution in [0.3, 0.4) is 0 Å². The van der Waals surface area contributed by atoms with Gasteiger partial charge in [-0.2, -0.15) is 0 Å². The van der Waals surface area contributed by atoms with Crippen LogP contribution >= 0.6 is 27.5 Å². The first-order chi connectivity index (χ1) is 8.97. The Morgan fingerprint density at radius 1 is 1.26 bits per heavy atom. The van der Waals surface area contributed by atoms with Crippen molar-refractivity contribution in [2.45, 2.75) is 19.4 Å². The van der Waals surface area contributed by atoms with Crippen molar-refractivity contribution in [3.63, 3.8) is 0 Å². The fourth-order valence-corrected chi connectivity index (χ4v) is 2.65. The van der Waals surface area contributed by atoms with Gasteiger partial charge < -0.3 is 5.73 Å². The molecule has 1 atom stereocenters. The van der Waals surface area contributed by atoms with E-state index < -0.39 is 0 Å². The molecule has 4 heteroatoms. The summed E-state index contributed by atoms with van der Waals surface area (Å²) >= 11 is 9.41. The van der Waals surface area contributed by atoms with Crippen molar-refractivity contribution < 1.29 is 4.39 Å². The van der Waals surface area contributed by atoms with E-state index in [2.05, 4.69) is 15.9 Å². The summed E-state index contributed by atoms with van der Waals surface area (Å²) in [5.41, 5.74) is 9.14. The maximum Gasteiger partial charge on any atom is 0.123 e. The highest BCUT2D eigenvalue weighted by Crippen LogP contribution is 2.26. The standard InChI is InChI=1S/C15H14BrClFN/c1-9-2-3-11(17)8-13(9)15(19)7-10-6-12(18)4-5-14(10)16/h2-6,8,15H,7,19H2,1H3. The lowest BCUT2D eigenvalue weighted by Crippen LogP contribution is -2.15. The van der Waals surface area contributed by atoms with E-state index in [1.54, 1.807) is 6.07 Å². The van der Waals surface area contributed by atoms with Crippen LogP contribution < -0.4 is 5.73 Å². The van der Waals surface area contributed by atoms with Crippen LogP contribution in [0.1, 0.15) is 22.7 Å². The van der Waals surface area contributed by atoms with Gasteiger partial charge in [0.15, 0.2) is 0 Å². The molecule has 2 aromatic rings. The molecule has 0 amide bonds. The molecule has 1 nitrogen and oxygen atoms in total. The molecule has 0 aliphatic rings. The highest BCUT2D eigenvalue weighted by Gasteiger charge is 2.13. The lowest BCUT2D eigenvalue weighted by Gasteiger charge is -2.16. The maximum absolute atomic E-state index is 13.3. The molecule has 2 N–H and O–H groups in total. The van der Waals surface area contributed by atoms with Crippen LogP contribution in [0.25, 0.3) is 0 Å². The molecule has 0 fully saturated rings. The van der Waals surface area contributed by atoms with Gasteiger partial charge in [-0.1, -0.05) is 33.6 Å². The number of benzene rings is 2. The Morgan fingerprint density at radius 2 is 2.00 bits per heavy atom. The van der Waals surface area contributed by atoms with E-state index in [1.807, 2.05) is 25.1 Å². The van der Waals surface area contributed by atoms with Crippen molar-refractivity contribution in [3.05, 3.63) is 68.4 Å². The van der Waals surface area contributed by atoms with Crippen LogP contribution in [0.4, 0.5) is 4.39 Å². The lowest BCUT2D eigenvalue weighted by molar-refractivity contribution is 0.621. The van der Waals surface area contributed by atoms with Gasteiger partial charge >= 0.3 is 0 Å². The summed E-state index contributed by atoms with van der Waals surface area (Å²) in [7, 11) is 0. The molecule has 100 valence electrons. The number of hydrogen-bond donors (Lipinski definition) is 1. The zero-order valence-corrected chi connectivity index (χ0v) is 12.8. The van der Waals surface area contributed by atoms with E-state index in [-0.39, 0.29) is 11.9 Å². The minimum absolute atomic E-state index is 0.211. The highest BCUT2D eigenvalue weighted by molar-refractivity contribution is 9.10. The maximum atomic E-state index is 13.3. The number of rotatable bonds is 3. The van der Waals surface area contributed by atoms with Gasteiger partial charge in [0.1, 0.15) is 5.82 Å². The topological polar surface area (TPSA) is 26.0 Å². The Hall–Kier alpha value is -0.900. The van der Waals surface area contributed by atoms with E-state index in [1.165, 1.54) is 12.1 Å². The van der Waals surface area contributed by atoms with Gasteiger partial charge in [0.25, 0.3) is 0 Å². The van der Waals surface area contributed by atoms with E-state index in [0.29, 0.717) is 11.4 Å².